The van der Waals surface area contributed by atoms with Crippen molar-refractivity contribution in [2.24, 2.45) is 0 Å². The molecule has 2 rings (SSSR count). The van der Waals surface area contributed by atoms with Gasteiger partial charge in [-0.2, -0.15) is 0 Å². The van der Waals surface area contributed by atoms with Crippen LogP contribution in [0.5, 0.6) is 5.75 Å². The summed E-state index contributed by atoms with van der Waals surface area (Å²) in [5, 5.41) is 9.83. The molecule has 4 heteroatoms. The summed E-state index contributed by atoms with van der Waals surface area (Å²) in [4.78, 5) is 12.0. The Hall–Kier alpha value is -0.610. The summed E-state index contributed by atoms with van der Waals surface area (Å²) < 4.78 is 1.22. The first-order valence-electron chi connectivity index (χ1n) is 5.20. The molecule has 1 aromatic rings. The Labute approximate surface area is 123 Å². The lowest BCUT2D eigenvalue weighted by molar-refractivity contribution is 0.104. The zero-order valence-corrected chi connectivity index (χ0v) is 12.4. The quantitative estimate of drug-likeness (QED) is 0.645. The number of ketones is 1. The van der Waals surface area contributed by atoms with Gasteiger partial charge in [0.15, 0.2) is 5.78 Å². The van der Waals surface area contributed by atoms with Gasteiger partial charge in [-0.25, -0.2) is 0 Å². The Morgan fingerprint density at radius 2 is 1.83 bits per heavy atom. The number of halogens is 2. The molecular formula is C14H9Br2O2. The van der Waals surface area contributed by atoms with E-state index in [0.29, 0.717) is 4.47 Å². The second-order valence-electron chi connectivity index (χ2n) is 3.70. The molecule has 1 aliphatic rings. The van der Waals surface area contributed by atoms with Crippen LogP contribution in [-0.2, 0) is 0 Å². The smallest absolute Gasteiger partial charge is 0.189 e. The predicted molar refractivity (Wildman–Crippen MR) is 77.4 cm³/mol. The molecule has 0 heterocycles. The van der Waals surface area contributed by atoms with Crippen molar-refractivity contribution in [1.82, 2.24) is 0 Å². The van der Waals surface area contributed by atoms with Crippen LogP contribution in [0.15, 0.2) is 33.2 Å². The number of phenols is 1. The van der Waals surface area contributed by atoms with Crippen molar-refractivity contribution in [2.45, 2.75) is 0 Å². The number of carbonyl (C=O) groups is 1. The molecule has 1 aromatic carbocycles. The maximum absolute atomic E-state index is 12.0. The summed E-state index contributed by atoms with van der Waals surface area (Å²) in [6, 6.07) is 3.28. The van der Waals surface area contributed by atoms with Gasteiger partial charge in [0, 0.05) is 10.4 Å². The van der Waals surface area contributed by atoms with Crippen molar-refractivity contribution in [2.75, 3.05) is 0 Å². The molecule has 0 aromatic heterocycles. The Morgan fingerprint density at radius 3 is 2.50 bits per heavy atom. The van der Waals surface area contributed by atoms with Crippen LogP contribution in [0, 0.1) is 31.6 Å². The topological polar surface area (TPSA) is 37.3 Å². The van der Waals surface area contributed by atoms with Crippen LogP contribution in [0.25, 0.3) is 0 Å². The van der Waals surface area contributed by atoms with Gasteiger partial charge in [0.2, 0.25) is 0 Å². The molecule has 0 aliphatic heterocycles. The number of allylic oxidation sites excluding steroid dienone is 2. The zero-order chi connectivity index (χ0) is 13.1. The largest absolute Gasteiger partial charge is 0.506 e. The fourth-order valence-electron chi connectivity index (χ4n) is 1.52. The molecule has 0 amide bonds. The summed E-state index contributed by atoms with van der Waals surface area (Å²) in [5.74, 6) is 0.669. The van der Waals surface area contributed by atoms with Crippen molar-refractivity contribution in [3.8, 4) is 5.75 Å². The molecule has 2 nitrogen and oxygen atoms in total. The first kappa shape index (κ1) is 13.8. The maximum Gasteiger partial charge on any atom is 0.189 e. The third-order valence-corrected chi connectivity index (χ3v) is 3.47. The average Bonchev–Trinajstić information content (AvgIpc) is 2.83. The fourth-order valence-corrected chi connectivity index (χ4v) is 2.74. The lowest BCUT2D eigenvalue weighted by Crippen LogP contribution is -1.97. The number of phenolic OH excluding ortho intramolecular Hbond substituents is 1. The number of hydrogen-bond acceptors (Lipinski definition) is 2. The number of benzene rings is 1. The zero-order valence-electron chi connectivity index (χ0n) is 9.23. The second-order valence-corrected chi connectivity index (χ2v) is 5.47. The van der Waals surface area contributed by atoms with E-state index in [1.165, 1.54) is 6.08 Å². The van der Waals surface area contributed by atoms with Crippen molar-refractivity contribution in [3.63, 3.8) is 0 Å². The summed E-state index contributed by atoms with van der Waals surface area (Å²) in [5.41, 5.74) is 0.263. The number of rotatable bonds is 3. The lowest BCUT2D eigenvalue weighted by atomic mass is 10.0. The van der Waals surface area contributed by atoms with Crippen LogP contribution < -0.4 is 0 Å². The van der Waals surface area contributed by atoms with E-state index < -0.39 is 0 Å². The Kier molecular flexibility index (Phi) is 4.62. The molecule has 91 valence electrons. The molecule has 0 unspecified atom stereocenters. The molecule has 1 aliphatic carbocycles. The standard InChI is InChI=1S/C14H9Br2O2/c15-10-7-11(14(18)12(16)8-10)13(17)6-5-9-3-1-2-4-9/h1-8,18H/b6-5+. The van der Waals surface area contributed by atoms with Gasteiger partial charge in [0.1, 0.15) is 5.75 Å². The minimum absolute atomic E-state index is 0.0460. The molecule has 1 N–H and O–H groups in total. The summed E-state index contributed by atoms with van der Waals surface area (Å²) in [7, 11) is 0. The van der Waals surface area contributed by atoms with Gasteiger partial charge in [-0.3, -0.25) is 4.79 Å². The highest BCUT2D eigenvalue weighted by molar-refractivity contribution is 9.11. The van der Waals surface area contributed by atoms with Crippen molar-refractivity contribution in [1.29, 1.82) is 0 Å². The van der Waals surface area contributed by atoms with E-state index in [4.69, 9.17) is 0 Å². The van der Waals surface area contributed by atoms with Crippen LogP contribution in [0.1, 0.15) is 10.4 Å². The Bertz CT molecular complexity index is 489. The number of aromatic hydroxyl groups is 1. The second kappa shape index (κ2) is 6.02. The molecule has 18 heavy (non-hydrogen) atoms. The van der Waals surface area contributed by atoms with E-state index in [2.05, 4.69) is 31.9 Å². The number of carbonyl (C=O) groups excluding carboxylic acids is 1. The molecular weight excluding hydrogens is 360 g/mol. The normalized spacial score (nSPS) is 16.6. The molecule has 0 bridgehead atoms. The SMILES string of the molecule is O=C(/C=C/[C]1[CH][CH][CH][CH]1)c1cc(Br)cc(Br)c1O. The first-order valence-corrected chi connectivity index (χ1v) is 6.78. The molecule has 0 atom stereocenters. The number of hydrogen-bond donors (Lipinski definition) is 1. The molecule has 5 radical (unpaired) electrons. The Morgan fingerprint density at radius 1 is 1.17 bits per heavy atom. The van der Waals surface area contributed by atoms with Crippen LogP contribution in [0.3, 0.4) is 0 Å². The van der Waals surface area contributed by atoms with Crippen molar-refractivity contribution in [3.05, 3.63) is 70.4 Å². The van der Waals surface area contributed by atoms with Crippen molar-refractivity contribution < 1.29 is 9.90 Å². The van der Waals surface area contributed by atoms with E-state index in [1.54, 1.807) is 18.2 Å². The molecule has 1 saturated carbocycles. The molecule has 0 spiro atoms. The first-order chi connectivity index (χ1) is 8.58. The van der Waals surface area contributed by atoms with E-state index >= 15 is 0 Å². The summed E-state index contributed by atoms with van der Waals surface area (Å²) in [6.07, 6.45) is 10.8. The summed E-state index contributed by atoms with van der Waals surface area (Å²) >= 11 is 6.49. The summed E-state index contributed by atoms with van der Waals surface area (Å²) in [6.45, 7) is 0. The van der Waals surface area contributed by atoms with E-state index in [9.17, 15) is 9.90 Å². The minimum atomic E-state index is -0.240. The third-order valence-electron chi connectivity index (χ3n) is 2.41. The van der Waals surface area contributed by atoms with Crippen molar-refractivity contribution >= 4 is 37.6 Å². The lowest BCUT2D eigenvalue weighted by Gasteiger charge is -2.05. The van der Waals surface area contributed by atoms with Crippen LogP contribution in [0.2, 0.25) is 0 Å². The van der Waals surface area contributed by atoms with Crippen LogP contribution in [-0.4, -0.2) is 10.9 Å². The highest BCUT2D eigenvalue weighted by Crippen LogP contribution is 2.32. The average molecular weight is 369 g/mol. The van der Waals surface area contributed by atoms with Gasteiger partial charge in [0.25, 0.3) is 0 Å². The predicted octanol–water partition coefficient (Wildman–Crippen LogP) is 4.06. The monoisotopic (exact) mass is 367 g/mol. The van der Waals surface area contributed by atoms with Crippen LogP contribution in [0.4, 0.5) is 0 Å². The van der Waals surface area contributed by atoms with Gasteiger partial charge >= 0.3 is 0 Å². The van der Waals surface area contributed by atoms with Gasteiger partial charge < -0.3 is 5.11 Å². The minimum Gasteiger partial charge on any atom is -0.506 e. The van der Waals surface area contributed by atoms with Gasteiger partial charge in [-0.1, -0.05) is 22.0 Å². The van der Waals surface area contributed by atoms with E-state index in [1.807, 2.05) is 25.7 Å². The molecule has 0 saturated heterocycles. The van der Waals surface area contributed by atoms with Gasteiger partial charge in [-0.15, -0.1) is 0 Å². The van der Waals surface area contributed by atoms with E-state index in [0.717, 1.165) is 10.4 Å². The van der Waals surface area contributed by atoms with E-state index in [-0.39, 0.29) is 17.1 Å². The van der Waals surface area contributed by atoms with Gasteiger partial charge in [0.05, 0.1) is 10.0 Å². The van der Waals surface area contributed by atoms with Gasteiger partial charge in [-0.05, 0) is 59.8 Å². The molecule has 1 fully saturated rings. The van der Waals surface area contributed by atoms with Crippen LogP contribution >= 0.6 is 31.9 Å². The maximum atomic E-state index is 12.0. The highest BCUT2D eigenvalue weighted by Gasteiger charge is 2.16. The third kappa shape index (κ3) is 3.23. The highest BCUT2D eigenvalue weighted by atomic mass is 79.9. The Balaban J connectivity index is 2.18. The fraction of sp³-hybridized carbons (Fsp3) is 0.